The number of hydrogen-bond donors (Lipinski definition) is 1. The highest BCUT2D eigenvalue weighted by Crippen LogP contribution is 2.66. The Bertz CT molecular complexity index is 1200. The van der Waals surface area contributed by atoms with Gasteiger partial charge in [0.1, 0.15) is 11.4 Å². The van der Waals surface area contributed by atoms with Gasteiger partial charge in [0.25, 0.3) is 0 Å². The van der Waals surface area contributed by atoms with Crippen LogP contribution in [0.5, 0.6) is 0 Å². The molecule has 1 N–H and O–H groups in total. The van der Waals surface area contributed by atoms with Crippen LogP contribution in [0, 0.1) is 40.9 Å². The number of rotatable bonds is 4. The number of nitrogens with zero attached hydrogens (tertiary/aromatic N) is 1. The Labute approximate surface area is 226 Å². The van der Waals surface area contributed by atoms with Crippen LogP contribution in [0.25, 0.3) is 0 Å². The van der Waals surface area contributed by atoms with Crippen molar-refractivity contribution in [3.63, 3.8) is 0 Å². The summed E-state index contributed by atoms with van der Waals surface area (Å²) >= 11 is 0. The van der Waals surface area contributed by atoms with Crippen molar-refractivity contribution in [3.05, 3.63) is 58.9 Å². The van der Waals surface area contributed by atoms with E-state index in [9.17, 15) is 9.90 Å². The third-order valence-electron chi connectivity index (χ3n) is 9.94. The van der Waals surface area contributed by atoms with Crippen molar-refractivity contribution in [2.24, 2.45) is 29.1 Å². The third-order valence-corrected chi connectivity index (χ3v) is 9.94. The topological polar surface area (TPSA) is 40.5 Å². The number of aliphatic hydroxyl groups is 1. The van der Waals surface area contributed by atoms with E-state index < -0.39 is 28.6 Å². The molecular formula is C33H41F2NO2. The molecule has 5 heteroatoms. The van der Waals surface area contributed by atoms with Gasteiger partial charge in [-0.3, -0.25) is 4.79 Å². The molecule has 0 amide bonds. The first kappa shape index (κ1) is 27.1. The second kappa shape index (κ2) is 10.3. The monoisotopic (exact) mass is 521 g/mol. The molecule has 3 fully saturated rings. The van der Waals surface area contributed by atoms with E-state index in [1.165, 1.54) is 6.08 Å². The Morgan fingerprint density at radius 1 is 1.21 bits per heavy atom. The fraction of sp³-hybridized carbons (Fsp3) is 0.606. The summed E-state index contributed by atoms with van der Waals surface area (Å²) in [6.45, 7) is 11.5. The minimum atomic E-state index is -1.23. The molecule has 5 rings (SSSR count). The summed E-state index contributed by atoms with van der Waals surface area (Å²) in [5.41, 5.74) is 1.76. The highest BCUT2D eigenvalue weighted by atomic mass is 19.2. The summed E-state index contributed by atoms with van der Waals surface area (Å²) in [5.74, 6) is 4.39. The standard InChI is InChI=1S/C33H41F2NO2/c1-5-23(36-16-6-7-17-36)19-29(34)31(35)27-20-32(4)28(13-15-33(32,38)14-12-21(2)3)26-10-8-22-18-24(37)9-11-25(22)30(26)27/h5,18-19,21,26-28,38H,1,6-11,13,15-17,20H2,2-4H3/b23-19+,31-29+/t26-,27-,28-,32-,33-/m0/s1. The lowest BCUT2D eigenvalue weighted by molar-refractivity contribution is -0.114. The van der Waals surface area contributed by atoms with E-state index in [0.717, 1.165) is 61.9 Å². The van der Waals surface area contributed by atoms with E-state index in [0.29, 0.717) is 31.4 Å². The van der Waals surface area contributed by atoms with Gasteiger partial charge in [0, 0.05) is 42.5 Å². The van der Waals surface area contributed by atoms with Gasteiger partial charge in [-0.25, -0.2) is 8.78 Å². The summed E-state index contributed by atoms with van der Waals surface area (Å²) < 4.78 is 32.2. The van der Waals surface area contributed by atoms with Gasteiger partial charge in [-0.2, -0.15) is 0 Å². The van der Waals surface area contributed by atoms with Crippen LogP contribution < -0.4 is 0 Å². The molecule has 0 unspecified atom stereocenters. The largest absolute Gasteiger partial charge is 0.377 e. The maximum absolute atomic E-state index is 16.4. The molecule has 1 saturated heterocycles. The molecule has 0 aromatic carbocycles. The van der Waals surface area contributed by atoms with Crippen LogP contribution in [0.2, 0.25) is 0 Å². The van der Waals surface area contributed by atoms with E-state index in [4.69, 9.17) is 0 Å². The van der Waals surface area contributed by atoms with Crippen LogP contribution in [0.1, 0.15) is 78.6 Å². The van der Waals surface area contributed by atoms with Crippen molar-refractivity contribution in [1.29, 1.82) is 0 Å². The lowest BCUT2D eigenvalue weighted by Crippen LogP contribution is -2.51. The van der Waals surface area contributed by atoms with Crippen LogP contribution in [-0.4, -0.2) is 34.5 Å². The van der Waals surface area contributed by atoms with Crippen molar-refractivity contribution >= 4 is 5.78 Å². The minimum absolute atomic E-state index is 0.0500. The number of allylic oxidation sites excluding steroid dienone is 8. The molecule has 204 valence electrons. The van der Waals surface area contributed by atoms with Gasteiger partial charge in [0.15, 0.2) is 11.6 Å². The van der Waals surface area contributed by atoms with Crippen molar-refractivity contribution < 1.29 is 18.7 Å². The first-order valence-electron chi connectivity index (χ1n) is 14.4. The fourth-order valence-corrected chi connectivity index (χ4v) is 7.98. The number of halogens is 2. The lowest BCUT2D eigenvalue weighted by Gasteiger charge is -2.53. The zero-order valence-corrected chi connectivity index (χ0v) is 23.1. The smallest absolute Gasteiger partial charge is 0.157 e. The molecule has 2 saturated carbocycles. The predicted octanol–water partition coefficient (Wildman–Crippen LogP) is 7.13. The molecule has 1 aliphatic heterocycles. The van der Waals surface area contributed by atoms with Crippen molar-refractivity contribution in [1.82, 2.24) is 4.90 Å². The summed E-state index contributed by atoms with van der Waals surface area (Å²) in [4.78, 5) is 14.3. The first-order valence-corrected chi connectivity index (χ1v) is 14.4. The number of fused-ring (bicyclic) bond motifs is 4. The maximum Gasteiger partial charge on any atom is 0.157 e. The van der Waals surface area contributed by atoms with Crippen LogP contribution in [-0.2, 0) is 4.79 Å². The van der Waals surface area contributed by atoms with Crippen molar-refractivity contribution in [2.75, 3.05) is 13.1 Å². The van der Waals surface area contributed by atoms with Gasteiger partial charge in [0.05, 0.1) is 0 Å². The molecule has 0 spiro atoms. The minimum Gasteiger partial charge on any atom is -0.377 e. The molecule has 1 heterocycles. The van der Waals surface area contributed by atoms with Gasteiger partial charge in [0.2, 0.25) is 0 Å². The highest BCUT2D eigenvalue weighted by molar-refractivity contribution is 5.93. The average Bonchev–Trinajstić information content (AvgIpc) is 3.51. The van der Waals surface area contributed by atoms with E-state index in [2.05, 4.69) is 18.4 Å². The third kappa shape index (κ3) is 4.53. The van der Waals surface area contributed by atoms with Crippen LogP contribution >= 0.6 is 0 Å². The van der Waals surface area contributed by atoms with Crippen molar-refractivity contribution in [3.8, 4) is 11.8 Å². The number of carbonyl (C=O) groups excluding carboxylic acids is 1. The zero-order valence-electron chi connectivity index (χ0n) is 23.1. The maximum atomic E-state index is 16.4. The van der Waals surface area contributed by atoms with Gasteiger partial charge < -0.3 is 10.0 Å². The van der Waals surface area contributed by atoms with Gasteiger partial charge in [-0.15, -0.1) is 0 Å². The van der Waals surface area contributed by atoms with E-state index in [-0.39, 0.29) is 23.5 Å². The average molecular weight is 522 g/mol. The molecule has 5 atom stereocenters. The van der Waals surface area contributed by atoms with Gasteiger partial charge in [-0.1, -0.05) is 44.8 Å². The molecule has 0 radical (unpaired) electrons. The number of likely N-dealkylation sites (tertiary alicyclic amines) is 1. The Balaban J connectivity index is 1.63. The number of carbonyl (C=O) groups is 1. The second-order valence-electron chi connectivity index (χ2n) is 12.5. The normalized spacial score (nSPS) is 35.7. The van der Waals surface area contributed by atoms with E-state index in [1.807, 2.05) is 25.7 Å². The lowest BCUT2D eigenvalue weighted by atomic mass is 9.52. The SMILES string of the molecule is C=C/C(=C\C(F)=C(/F)[C@H]1C[C@@]2(C)[C@@H](CC[C@@]2(O)C#CC(C)C)[C@@H]2CCC3=CC(=O)CCC3=C21)N1CCCC1. The molecule has 3 nitrogen and oxygen atoms in total. The molecule has 0 aromatic heterocycles. The van der Waals surface area contributed by atoms with E-state index in [1.54, 1.807) is 12.2 Å². The summed E-state index contributed by atoms with van der Waals surface area (Å²) in [5, 5.41) is 11.9. The second-order valence-corrected chi connectivity index (χ2v) is 12.5. The molecular weight excluding hydrogens is 480 g/mol. The quantitative estimate of drug-likeness (QED) is 0.316. The fourth-order valence-electron chi connectivity index (χ4n) is 7.98. The predicted molar refractivity (Wildman–Crippen MR) is 147 cm³/mol. The van der Waals surface area contributed by atoms with Crippen LogP contribution in [0.15, 0.2) is 58.9 Å². The van der Waals surface area contributed by atoms with Crippen LogP contribution in [0.4, 0.5) is 8.78 Å². The Hall–Kier alpha value is -2.45. The zero-order chi connectivity index (χ0) is 27.2. The summed E-state index contributed by atoms with van der Waals surface area (Å²) in [6, 6.07) is 0. The highest BCUT2D eigenvalue weighted by Gasteiger charge is 2.63. The molecule has 0 aromatic rings. The first-order chi connectivity index (χ1) is 18.1. The van der Waals surface area contributed by atoms with Gasteiger partial charge in [-0.05, 0) is 92.6 Å². The molecule has 4 aliphatic carbocycles. The molecule has 5 aliphatic rings. The Kier molecular flexibility index (Phi) is 7.33. The molecule has 0 bridgehead atoms. The number of hydrogen-bond acceptors (Lipinski definition) is 3. The summed E-state index contributed by atoms with van der Waals surface area (Å²) in [6.07, 6.45) is 10.9. The number of ketones is 1. The van der Waals surface area contributed by atoms with Crippen LogP contribution in [0.3, 0.4) is 0 Å². The van der Waals surface area contributed by atoms with E-state index >= 15 is 8.78 Å². The molecule has 38 heavy (non-hydrogen) atoms. The van der Waals surface area contributed by atoms with Crippen molar-refractivity contribution in [2.45, 2.75) is 84.2 Å². The summed E-state index contributed by atoms with van der Waals surface area (Å²) in [7, 11) is 0. The Morgan fingerprint density at radius 3 is 2.63 bits per heavy atom. The Morgan fingerprint density at radius 2 is 1.95 bits per heavy atom. The van der Waals surface area contributed by atoms with Gasteiger partial charge >= 0.3 is 0 Å².